The Kier molecular flexibility index (Phi) is 8.31. The molecule has 20 heavy (non-hydrogen) atoms. The molecule has 0 aromatic rings. The van der Waals surface area contributed by atoms with E-state index in [9.17, 15) is 9.59 Å². The van der Waals surface area contributed by atoms with Gasteiger partial charge in [-0.25, -0.2) is 0 Å². The largest absolute Gasteiger partial charge is 0.465 e. The molecule has 0 aliphatic heterocycles. The summed E-state index contributed by atoms with van der Waals surface area (Å²) < 4.78 is 10.3. The van der Waals surface area contributed by atoms with Crippen molar-refractivity contribution in [3.63, 3.8) is 0 Å². The molecule has 0 saturated heterocycles. The summed E-state index contributed by atoms with van der Waals surface area (Å²) in [5, 5.41) is 0. The molecule has 0 heterocycles. The van der Waals surface area contributed by atoms with Gasteiger partial charge in [0.05, 0.1) is 13.2 Å². The Labute approximate surface area is 122 Å². The van der Waals surface area contributed by atoms with Crippen molar-refractivity contribution in [1.82, 2.24) is 0 Å². The Hall–Kier alpha value is -1.06. The van der Waals surface area contributed by atoms with E-state index in [1.54, 1.807) is 0 Å². The lowest BCUT2D eigenvalue weighted by atomic mass is 9.83. The lowest BCUT2D eigenvalue weighted by molar-refractivity contribution is -0.163. The SMILES string of the molecule is CCCOC(=O)C(CC1CCCCC1)C(=O)OCCC. The minimum atomic E-state index is -0.726. The van der Waals surface area contributed by atoms with E-state index in [1.807, 2.05) is 13.8 Å². The number of ether oxygens (including phenoxy) is 2. The minimum absolute atomic E-state index is 0.376. The van der Waals surface area contributed by atoms with Crippen LogP contribution in [-0.4, -0.2) is 25.2 Å². The lowest BCUT2D eigenvalue weighted by Crippen LogP contribution is -2.31. The predicted molar refractivity (Wildman–Crippen MR) is 77.2 cm³/mol. The monoisotopic (exact) mass is 284 g/mol. The molecule has 1 fully saturated rings. The number of carbonyl (C=O) groups is 2. The molecule has 0 bridgehead atoms. The first-order valence-corrected chi connectivity index (χ1v) is 8.02. The van der Waals surface area contributed by atoms with E-state index in [1.165, 1.54) is 19.3 Å². The third-order valence-corrected chi connectivity index (χ3v) is 3.76. The maximum Gasteiger partial charge on any atom is 0.320 e. The molecule has 0 spiro atoms. The van der Waals surface area contributed by atoms with Gasteiger partial charge >= 0.3 is 11.9 Å². The van der Waals surface area contributed by atoms with Gasteiger partial charge in [-0.05, 0) is 25.2 Å². The van der Waals surface area contributed by atoms with Gasteiger partial charge in [0, 0.05) is 0 Å². The van der Waals surface area contributed by atoms with E-state index >= 15 is 0 Å². The Morgan fingerprint density at radius 3 is 1.90 bits per heavy atom. The molecule has 0 N–H and O–H groups in total. The first-order chi connectivity index (χ1) is 9.69. The number of hydrogen-bond donors (Lipinski definition) is 0. The highest BCUT2D eigenvalue weighted by Gasteiger charge is 2.32. The minimum Gasteiger partial charge on any atom is -0.465 e. The van der Waals surface area contributed by atoms with E-state index in [-0.39, 0.29) is 0 Å². The average Bonchev–Trinajstić information content (AvgIpc) is 2.48. The van der Waals surface area contributed by atoms with Crippen molar-refractivity contribution < 1.29 is 19.1 Å². The van der Waals surface area contributed by atoms with E-state index in [4.69, 9.17) is 9.47 Å². The van der Waals surface area contributed by atoms with Crippen LogP contribution < -0.4 is 0 Å². The van der Waals surface area contributed by atoms with Crippen LogP contribution in [0.1, 0.15) is 65.2 Å². The van der Waals surface area contributed by atoms with Crippen LogP contribution in [0.4, 0.5) is 0 Å². The molecular weight excluding hydrogens is 256 g/mol. The summed E-state index contributed by atoms with van der Waals surface area (Å²) in [6.07, 6.45) is 8.01. The van der Waals surface area contributed by atoms with Crippen molar-refractivity contribution in [1.29, 1.82) is 0 Å². The quantitative estimate of drug-likeness (QED) is 0.506. The standard InChI is InChI=1S/C16H28O4/c1-3-10-19-15(17)14(16(18)20-11-4-2)12-13-8-6-5-7-9-13/h13-14H,3-12H2,1-2H3. The fourth-order valence-corrected chi connectivity index (χ4v) is 2.65. The highest BCUT2D eigenvalue weighted by atomic mass is 16.6. The normalized spacial score (nSPS) is 16.1. The summed E-state index contributed by atoms with van der Waals surface area (Å²) in [5.74, 6) is -1.08. The van der Waals surface area contributed by atoms with E-state index in [2.05, 4.69) is 0 Å². The Balaban J connectivity index is 2.56. The van der Waals surface area contributed by atoms with E-state index < -0.39 is 17.9 Å². The molecule has 1 aliphatic rings. The van der Waals surface area contributed by atoms with Crippen molar-refractivity contribution in [2.75, 3.05) is 13.2 Å². The summed E-state index contributed by atoms with van der Waals surface area (Å²) in [5.41, 5.74) is 0. The van der Waals surface area contributed by atoms with Crippen molar-refractivity contribution in [3.05, 3.63) is 0 Å². The van der Waals surface area contributed by atoms with Crippen LogP contribution >= 0.6 is 0 Å². The Bertz CT molecular complexity index is 275. The molecule has 116 valence electrons. The van der Waals surface area contributed by atoms with Gasteiger partial charge in [0.1, 0.15) is 0 Å². The predicted octanol–water partition coefficient (Wildman–Crippen LogP) is 3.48. The second kappa shape index (κ2) is 9.78. The van der Waals surface area contributed by atoms with Crippen molar-refractivity contribution in [2.45, 2.75) is 65.2 Å². The Morgan fingerprint density at radius 1 is 0.950 bits per heavy atom. The molecule has 0 unspecified atom stereocenters. The number of hydrogen-bond acceptors (Lipinski definition) is 4. The average molecular weight is 284 g/mol. The van der Waals surface area contributed by atoms with Gasteiger partial charge in [0.2, 0.25) is 0 Å². The van der Waals surface area contributed by atoms with Crippen molar-refractivity contribution in [3.8, 4) is 0 Å². The molecule has 1 aliphatic carbocycles. The zero-order chi connectivity index (χ0) is 14.8. The van der Waals surface area contributed by atoms with Gasteiger partial charge in [-0.3, -0.25) is 9.59 Å². The van der Waals surface area contributed by atoms with Gasteiger partial charge in [-0.15, -0.1) is 0 Å². The summed E-state index contributed by atoms with van der Waals surface area (Å²) in [6, 6.07) is 0. The molecule has 0 atom stereocenters. The molecule has 1 saturated carbocycles. The lowest BCUT2D eigenvalue weighted by Gasteiger charge is -2.24. The fourth-order valence-electron chi connectivity index (χ4n) is 2.65. The molecule has 0 amide bonds. The summed E-state index contributed by atoms with van der Waals surface area (Å²) in [4.78, 5) is 24.1. The van der Waals surface area contributed by atoms with Crippen LogP contribution in [0.5, 0.6) is 0 Å². The van der Waals surface area contributed by atoms with Crippen LogP contribution in [0.25, 0.3) is 0 Å². The summed E-state index contributed by atoms with van der Waals surface area (Å²) >= 11 is 0. The molecular formula is C16H28O4. The first-order valence-electron chi connectivity index (χ1n) is 8.02. The molecule has 4 nitrogen and oxygen atoms in total. The summed E-state index contributed by atoms with van der Waals surface area (Å²) in [6.45, 7) is 4.64. The second-order valence-electron chi connectivity index (χ2n) is 5.63. The van der Waals surface area contributed by atoms with Crippen LogP contribution in [-0.2, 0) is 19.1 Å². The summed E-state index contributed by atoms with van der Waals surface area (Å²) in [7, 11) is 0. The van der Waals surface area contributed by atoms with Crippen molar-refractivity contribution in [2.24, 2.45) is 11.8 Å². The molecule has 0 aromatic heterocycles. The van der Waals surface area contributed by atoms with Gasteiger partial charge in [-0.2, -0.15) is 0 Å². The molecule has 0 aromatic carbocycles. The van der Waals surface area contributed by atoms with Crippen LogP contribution in [0.15, 0.2) is 0 Å². The smallest absolute Gasteiger partial charge is 0.320 e. The maximum absolute atomic E-state index is 12.1. The zero-order valence-electron chi connectivity index (χ0n) is 12.9. The zero-order valence-corrected chi connectivity index (χ0v) is 12.9. The maximum atomic E-state index is 12.1. The Morgan fingerprint density at radius 2 is 1.45 bits per heavy atom. The van der Waals surface area contributed by atoms with E-state index in [0.29, 0.717) is 25.6 Å². The number of rotatable bonds is 8. The van der Waals surface area contributed by atoms with Crippen molar-refractivity contribution >= 4 is 11.9 Å². The third-order valence-electron chi connectivity index (χ3n) is 3.76. The highest BCUT2D eigenvalue weighted by Crippen LogP contribution is 2.30. The number of esters is 2. The van der Waals surface area contributed by atoms with Crippen LogP contribution in [0.3, 0.4) is 0 Å². The number of carbonyl (C=O) groups excluding carboxylic acids is 2. The van der Waals surface area contributed by atoms with Crippen LogP contribution in [0, 0.1) is 11.8 Å². The molecule has 4 heteroatoms. The topological polar surface area (TPSA) is 52.6 Å². The fraction of sp³-hybridized carbons (Fsp3) is 0.875. The van der Waals surface area contributed by atoms with Gasteiger partial charge in [0.25, 0.3) is 0 Å². The van der Waals surface area contributed by atoms with Gasteiger partial charge in [-0.1, -0.05) is 46.0 Å². The second-order valence-corrected chi connectivity index (χ2v) is 5.63. The van der Waals surface area contributed by atoms with Gasteiger partial charge < -0.3 is 9.47 Å². The molecule has 1 rings (SSSR count). The van der Waals surface area contributed by atoms with Gasteiger partial charge in [0.15, 0.2) is 5.92 Å². The van der Waals surface area contributed by atoms with E-state index in [0.717, 1.165) is 25.7 Å². The highest BCUT2D eigenvalue weighted by molar-refractivity contribution is 5.94. The van der Waals surface area contributed by atoms with Crippen LogP contribution in [0.2, 0.25) is 0 Å². The first kappa shape index (κ1) is 17.0. The third kappa shape index (κ3) is 5.93. The molecule has 0 radical (unpaired) electrons.